The van der Waals surface area contributed by atoms with Gasteiger partial charge in [0.25, 0.3) is 0 Å². The Bertz CT molecular complexity index is 428. The Hall–Kier alpha value is -1.36. The van der Waals surface area contributed by atoms with E-state index in [1.165, 1.54) is 5.69 Å². The maximum Gasteiger partial charge on any atom is 0.320 e. The molecule has 5 nitrogen and oxygen atoms in total. The molecule has 2 rings (SSSR count). The average molecular weight is 251 g/mol. The molecule has 0 aliphatic carbocycles. The molecule has 0 radical (unpaired) electrons. The number of rotatable bonds is 4. The van der Waals surface area contributed by atoms with E-state index in [-0.39, 0.29) is 5.97 Å². The summed E-state index contributed by atoms with van der Waals surface area (Å²) >= 11 is 0. The first-order chi connectivity index (χ1) is 8.60. The molecule has 1 saturated heterocycles. The van der Waals surface area contributed by atoms with Crippen molar-refractivity contribution in [1.29, 1.82) is 0 Å². The zero-order valence-electron chi connectivity index (χ0n) is 11.3. The number of hydrogen-bond acceptors (Lipinski definition) is 4. The van der Waals surface area contributed by atoms with Crippen LogP contribution in [0.5, 0.6) is 0 Å². The van der Waals surface area contributed by atoms with Crippen molar-refractivity contribution in [3.8, 4) is 0 Å². The lowest BCUT2D eigenvalue weighted by molar-refractivity contribution is -0.144. The Morgan fingerprint density at radius 2 is 2.33 bits per heavy atom. The molecular formula is C13H21N3O2. The molecule has 0 unspecified atom stereocenters. The van der Waals surface area contributed by atoms with Gasteiger partial charge >= 0.3 is 5.97 Å². The maximum absolute atomic E-state index is 11.4. The van der Waals surface area contributed by atoms with Gasteiger partial charge in [-0.05, 0) is 33.3 Å². The minimum absolute atomic E-state index is 0.133. The van der Waals surface area contributed by atoms with Gasteiger partial charge in [0.1, 0.15) is 0 Å². The van der Waals surface area contributed by atoms with Gasteiger partial charge in [-0.1, -0.05) is 0 Å². The van der Waals surface area contributed by atoms with Gasteiger partial charge in [0, 0.05) is 18.8 Å². The summed E-state index contributed by atoms with van der Waals surface area (Å²) in [6.07, 6.45) is 1.04. The number of carbonyl (C=O) groups excluding carboxylic acids is 1. The molecule has 5 heteroatoms. The zero-order valence-corrected chi connectivity index (χ0v) is 11.3. The van der Waals surface area contributed by atoms with E-state index in [1.807, 2.05) is 13.8 Å². The van der Waals surface area contributed by atoms with Gasteiger partial charge in [0.15, 0.2) is 0 Å². The Kier molecular flexibility index (Phi) is 4.01. The summed E-state index contributed by atoms with van der Waals surface area (Å²) in [5.74, 6) is -0.133. The molecule has 18 heavy (non-hydrogen) atoms. The van der Waals surface area contributed by atoms with E-state index in [1.54, 1.807) is 0 Å². The second kappa shape index (κ2) is 5.52. The first kappa shape index (κ1) is 13.1. The number of nitrogens with zero attached hydrogens (tertiary/aromatic N) is 3. The molecule has 0 spiro atoms. The SMILES string of the molecule is CCOC(=O)CN1CC[C@H](n2nc(C)cc2C)C1. The Morgan fingerprint density at radius 1 is 1.56 bits per heavy atom. The fourth-order valence-electron chi connectivity index (χ4n) is 2.56. The summed E-state index contributed by atoms with van der Waals surface area (Å²) < 4.78 is 7.05. The van der Waals surface area contributed by atoms with Crippen LogP contribution in [0.4, 0.5) is 0 Å². The standard InChI is InChI=1S/C13H21N3O2/c1-4-18-13(17)9-15-6-5-12(8-15)16-11(3)7-10(2)14-16/h7,12H,4-6,8-9H2,1-3H3/t12-/m0/s1. The number of likely N-dealkylation sites (tertiary alicyclic amines) is 1. The molecule has 100 valence electrons. The van der Waals surface area contributed by atoms with E-state index in [4.69, 9.17) is 4.74 Å². The van der Waals surface area contributed by atoms with Gasteiger partial charge in [0.05, 0.1) is 24.9 Å². The van der Waals surface area contributed by atoms with E-state index in [2.05, 4.69) is 27.7 Å². The molecule has 1 fully saturated rings. The number of esters is 1. The summed E-state index contributed by atoms with van der Waals surface area (Å²) in [4.78, 5) is 13.6. The fraction of sp³-hybridized carbons (Fsp3) is 0.692. The van der Waals surface area contributed by atoms with E-state index >= 15 is 0 Å². The summed E-state index contributed by atoms with van der Waals surface area (Å²) in [7, 11) is 0. The molecule has 0 aromatic carbocycles. The molecule has 0 bridgehead atoms. The number of aromatic nitrogens is 2. The van der Waals surface area contributed by atoms with Crippen LogP contribution in [-0.2, 0) is 9.53 Å². The molecule has 2 heterocycles. The van der Waals surface area contributed by atoms with Crippen LogP contribution in [0.1, 0.15) is 30.8 Å². The van der Waals surface area contributed by atoms with Gasteiger partial charge in [0.2, 0.25) is 0 Å². The minimum Gasteiger partial charge on any atom is -0.465 e. The monoisotopic (exact) mass is 251 g/mol. The van der Waals surface area contributed by atoms with E-state index in [0.29, 0.717) is 19.2 Å². The van der Waals surface area contributed by atoms with Crippen LogP contribution in [0.2, 0.25) is 0 Å². The first-order valence-corrected chi connectivity index (χ1v) is 6.51. The van der Waals surface area contributed by atoms with Crippen molar-refractivity contribution in [2.45, 2.75) is 33.2 Å². The second-order valence-corrected chi connectivity index (χ2v) is 4.85. The van der Waals surface area contributed by atoms with Crippen molar-refractivity contribution in [1.82, 2.24) is 14.7 Å². The normalized spacial score (nSPS) is 20.3. The van der Waals surface area contributed by atoms with Gasteiger partial charge in [-0.25, -0.2) is 0 Å². The highest BCUT2D eigenvalue weighted by Gasteiger charge is 2.26. The van der Waals surface area contributed by atoms with Crippen LogP contribution in [0, 0.1) is 13.8 Å². The highest BCUT2D eigenvalue weighted by molar-refractivity contribution is 5.71. The lowest BCUT2D eigenvalue weighted by Crippen LogP contribution is -2.29. The summed E-state index contributed by atoms with van der Waals surface area (Å²) in [5, 5.41) is 4.52. The second-order valence-electron chi connectivity index (χ2n) is 4.85. The van der Waals surface area contributed by atoms with Crippen LogP contribution in [0.15, 0.2) is 6.07 Å². The van der Waals surface area contributed by atoms with Gasteiger partial charge < -0.3 is 4.74 Å². The van der Waals surface area contributed by atoms with E-state index in [0.717, 1.165) is 25.2 Å². The molecule has 0 N–H and O–H groups in total. The molecule has 1 aromatic heterocycles. The Balaban J connectivity index is 1.92. The summed E-state index contributed by atoms with van der Waals surface area (Å²) in [6, 6.07) is 2.47. The third kappa shape index (κ3) is 2.90. The molecule has 0 amide bonds. The van der Waals surface area contributed by atoms with Crippen molar-refractivity contribution in [2.75, 3.05) is 26.2 Å². The van der Waals surface area contributed by atoms with Crippen molar-refractivity contribution >= 4 is 5.97 Å². The van der Waals surface area contributed by atoms with Crippen LogP contribution < -0.4 is 0 Å². The third-order valence-corrected chi connectivity index (χ3v) is 3.30. The fourth-order valence-corrected chi connectivity index (χ4v) is 2.56. The third-order valence-electron chi connectivity index (χ3n) is 3.30. The topological polar surface area (TPSA) is 47.4 Å². The molecular weight excluding hydrogens is 230 g/mol. The zero-order chi connectivity index (χ0) is 13.1. The van der Waals surface area contributed by atoms with Crippen LogP contribution >= 0.6 is 0 Å². The van der Waals surface area contributed by atoms with Crippen molar-refractivity contribution in [3.63, 3.8) is 0 Å². The largest absolute Gasteiger partial charge is 0.465 e. The average Bonchev–Trinajstić information content (AvgIpc) is 2.85. The van der Waals surface area contributed by atoms with E-state index in [9.17, 15) is 4.79 Å². The highest BCUT2D eigenvalue weighted by Crippen LogP contribution is 2.22. The summed E-state index contributed by atoms with van der Waals surface area (Å²) in [5.41, 5.74) is 2.24. The first-order valence-electron chi connectivity index (χ1n) is 6.51. The van der Waals surface area contributed by atoms with Crippen LogP contribution in [-0.4, -0.2) is 46.9 Å². The maximum atomic E-state index is 11.4. The van der Waals surface area contributed by atoms with Crippen molar-refractivity contribution in [3.05, 3.63) is 17.5 Å². The van der Waals surface area contributed by atoms with Crippen LogP contribution in [0.25, 0.3) is 0 Å². The van der Waals surface area contributed by atoms with Crippen molar-refractivity contribution < 1.29 is 9.53 Å². The van der Waals surface area contributed by atoms with Gasteiger partial charge in [-0.3, -0.25) is 14.4 Å². The Labute approximate surface area is 108 Å². The van der Waals surface area contributed by atoms with Crippen LogP contribution in [0.3, 0.4) is 0 Å². The number of carbonyl (C=O) groups is 1. The molecule has 1 aromatic rings. The van der Waals surface area contributed by atoms with Gasteiger partial charge in [-0.2, -0.15) is 5.10 Å². The summed E-state index contributed by atoms with van der Waals surface area (Å²) in [6.45, 7) is 8.57. The lowest BCUT2D eigenvalue weighted by atomic mass is 10.2. The predicted octanol–water partition coefficient (Wildman–Crippen LogP) is 1.31. The lowest BCUT2D eigenvalue weighted by Gasteiger charge is -2.16. The number of ether oxygens (including phenoxy) is 1. The quantitative estimate of drug-likeness (QED) is 0.757. The smallest absolute Gasteiger partial charge is 0.320 e. The van der Waals surface area contributed by atoms with Gasteiger partial charge in [-0.15, -0.1) is 0 Å². The van der Waals surface area contributed by atoms with Crippen molar-refractivity contribution in [2.24, 2.45) is 0 Å². The minimum atomic E-state index is -0.133. The predicted molar refractivity (Wildman–Crippen MR) is 68.4 cm³/mol. The molecule has 0 saturated carbocycles. The number of hydrogen-bond donors (Lipinski definition) is 0. The Morgan fingerprint density at radius 3 is 2.94 bits per heavy atom. The molecule has 1 aliphatic heterocycles. The molecule has 1 atom stereocenters. The highest BCUT2D eigenvalue weighted by atomic mass is 16.5. The number of aryl methyl sites for hydroxylation is 2. The molecule has 1 aliphatic rings. The van der Waals surface area contributed by atoms with E-state index < -0.39 is 0 Å².